The summed E-state index contributed by atoms with van der Waals surface area (Å²) in [6, 6.07) is 1.91. The lowest BCUT2D eigenvalue weighted by Crippen LogP contribution is -2.40. The fourth-order valence-electron chi connectivity index (χ4n) is 4.19. The van der Waals surface area contributed by atoms with E-state index in [1.165, 1.54) is 6.20 Å². The molecule has 0 saturated carbocycles. The number of hydrogen-bond donors (Lipinski definition) is 2. The summed E-state index contributed by atoms with van der Waals surface area (Å²) in [6.07, 6.45) is 5.07. The summed E-state index contributed by atoms with van der Waals surface area (Å²) in [5, 5.41) is 21.4. The number of amides is 2. The molecule has 0 aliphatic carbocycles. The maximum absolute atomic E-state index is 12.8. The van der Waals surface area contributed by atoms with Crippen LogP contribution in [0.2, 0.25) is 0 Å². The normalized spacial score (nSPS) is 18.5. The van der Waals surface area contributed by atoms with Gasteiger partial charge in [0, 0.05) is 37.9 Å². The molecular formula is C22H27N9O2. The Morgan fingerprint density at radius 1 is 1.30 bits per heavy atom. The first-order chi connectivity index (χ1) is 15.5. The summed E-state index contributed by atoms with van der Waals surface area (Å²) in [4.78, 5) is 31.4. The van der Waals surface area contributed by atoms with Crippen LogP contribution < -0.4 is 11.1 Å². The van der Waals surface area contributed by atoms with Crippen molar-refractivity contribution in [3.05, 3.63) is 29.8 Å². The topological polar surface area (TPSA) is 147 Å². The van der Waals surface area contributed by atoms with Crippen LogP contribution in [-0.4, -0.2) is 60.2 Å². The van der Waals surface area contributed by atoms with Crippen molar-refractivity contribution in [2.45, 2.75) is 33.7 Å². The zero-order chi connectivity index (χ0) is 24.1. The smallest absolute Gasteiger partial charge is 0.252 e. The standard InChI is InChI=1S/C22H27N9O2/c1-12-7-30(21(33)22(3,4)11-23)9-16(12)26-18-14(19(24)32)6-25-31-10-17(27-20(18)31)15-8-29(5)28-13(15)2/h6,8,10,12,16,26H,7,9H2,1-5H3,(H2,24,32)/t12-,16-/m1/s1. The molecule has 0 aromatic carbocycles. The number of anilines is 1. The molecule has 11 nitrogen and oxygen atoms in total. The highest BCUT2D eigenvalue weighted by molar-refractivity contribution is 6.01. The lowest BCUT2D eigenvalue weighted by atomic mass is 9.94. The van der Waals surface area contributed by atoms with E-state index < -0.39 is 11.3 Å². The maximum Gasteiger partial charge on any atom is 0.252 e. The number of nitrogens with zero attached hydrogens (tertiary/aromatic N) is 7. The highest BCUT2D eigenvalue weighted by Crippen LogP contribution is 2.30. The molecule has 172 valence electrons. The van der Waals surface area contributed by atoms with E-state index in [9.17, 15) is 14.9 Å². The number of imidazole rings is 1. The zero-order valence-corrected chi connectivity index (χ0v) is 19.3. The van der Waals surface area contributed by atoms with Gasteiger partial charge in [0.15, 0.2) is 5.65 Å². The third-order valence-electron chi connectivity index (χ3n) is 6.09. The monoisotopic (exact) mass is 449 g/mol. The third kappa shape index (κ3) is 3.88. The van der Waals surface area contributed by atoms with Crippen molar-refractivity contribution in [3.63, 3.8) is 0 Å². The minimum absolute atomic E-state index is 0.0763. The van der Waals surface area contributed by atoms with Gasteiger partial charge in [-0.3, -0.25) is 14.3 Å². The first-order valence-electron chi connectivity index (χ1n) is 10.7. The van der Waals surface area contributed by atoms with Crippen molar-refractivity contribution in [1.82, 2.24) is 29.3 Å². The highest BCUT2D eigenvalue weighted by atomic mass is 16.2. The molecule has 1 aliphatic heterocycles. The summed E-state index contributed by atoms with van der Waals surface area (Å²) >= 11 is 0. The van der Waals surface area contributed by atoms with Crippen LogP contribution in [0.1, 0.15) is 36.8 Å². The SMILES string of the molecule is Cc1nn(C)cc1-c1cn2ncc(C(N)=O)c(N[C@@H]3CN(C(=O)C(C)(C)C#N)C[C@H]3C)c2n1. The molecule has 0 radical (unpaired) electrons. The molecule has 0 spiro atoms. The largest absolute Gasteiger partial charge is 0.376 e. The van der Waals surface area contributed by atoms with Gasteiger partial charge >= 0.3 is 0 Å². The minimum Gasteiger partial charge on any atom is -0.376 e. The molecule has 0 bridgehead atoms. The van der Waals surface area contributed by atoms with Crippen LogP contribution in [0, 0.1) is 29.6 Å². The number of aromatic nitrogens is 5. The fourth-order valence-corrected chi connectivity index (χ4v) is 4.19. The Labute approximate surface area is 191 Å². The van der Waals surface area contributed by atoms with E-state index in [-0.39, 0.29) is 23.4 Å². The average Bonchev–Trinajstić information content (AvgIpc) is 3.44. The molecule has 1 aliphatic rings. The first kappa shape index (κ1) is 22.3. The molecular weight excluding hydrogens is 422 g/mol. The zero-order valence-electron chi connectivity index (χ0n) is 19.3. The number of likely N-dealkylation sites (tertiary alicyclic amines) is 1. The Kier molecular flexibility index (Phi) is 5.32. The van der Waals surface area contributed by atoms with E-state index in [0.29, 0.717) is 30.1 Å². The highest BCUT2D eigenvalue weighted by Gasteiger charge is 2.39. The molecule has 4 rings (SSSR count). The van der Waals surface area contributed by atoms with Crippen molar-refractivity contribution in [2.75, 3.05) is 18.4 Å². The number of nitrogens with one attached hydrogen (secondary N) is 1. The van der Waals surface area contributed by atoms with Gasteiger partial charge in [-0.1, -0.05) is 6.92 Å². The van der Waals surface area contributed by atoms with Crippen LogP contribution in [0.25, 0.3) is 16.9 Å². The van der Waals surface area contributed by atoms with E-state index in [2.05, 4.69) is 21.6 Å². The van der Waals surface area contributed by atoms with Crippen molar-refractivity contribution >= 4 is 23.1 Å². The molecule has 1 saturated heterocycles. The summed E-state index contributed by atoms with van der Waals surface area (Å²) in [5.41, 5.74) is 8.04. The molecule has 4 heterocycles. The van der Waals surface area contributed by atoms with Crippen LogP contribution >= 0.6 is 0 Å². The number of nitrogens with two attached hydrogens (primary N) is 1. The second kappa shape index (κ2) is 7.88. The van der Waals surface area contributed by atoms with Crippen LogP contribution in [0.5, 0.6) is 0 Å². The Bertz CT molecular complexity index is 1300. The fraction of sp³-hybridized carbons (Fsp3) is 0.455. The molecule has 1 fully saturated rings. The van der Waals surface area contributed by atoms with Crippen molar-refractivity contribution in [2.24, 2.45) is 24.1 Å². The van der Waals surface area contributed by atoms with Crippen LogP contribution in [0.3, 0.4) is 0 Å². The number of hydrogen-bond acceptors (Lipinski definition) is 7. The lowest BCUT2D eigenvalue weighted by molar-refractivity contribution is -0.136. The van der Waals surface area contributed by atoms with Gasteiger partial charge in [-0.2, -0.15) is 15.5 Å². The van der Waals surface area contributed by atoms with Crippen LogP contribution in [-0.2, 0) is 11.8 Å². The quantitative estimate of drug-likeness (QED) is 0.597. The number of rotatable bonds is 5. The van der Waals surface area contributed by atoms with Gasteiger partial charge in [0.1, 0.15) is 5.41 Å². The van der Waals surface area contributed by atoms with Gasteiger partial charge in [0.2, 0.25) is 5.91 Å². The summed E-state index contributed by atoms with van der Waals surface area (Å²) in [6.45, 7) is 8.05. The molecule has 3 N–H and O–H groups in total. The molecule has 2 atom stereocenters. The number of primary amides is 1. The number of nitriles is 1. The number of aryl methyl sites for hydroxylation is 2. The number of fused-ring (bicyclic) bond motifs is 1. The molecule has 3 aromatic heterocycles. The maximum atomic E-state index is 12.8. The van der Waals surface area contributed by atoms with E-state index in [4.69, 9.17) is 10.7 Å². The Balaban J connectivity index is 1.71. The lowest BCUT2D eigenvalue weighted by Gasteiger charge is -2.24. The van der Waals surface area contributed by atoms with E-state index >= 15 is 0 Å². The van der Waals surface area contributed by atoms with Crippen molar-refractivity contribution in [3.8, 4) is 17.3 Å². The summed E-state index contributed by atoms with van der Waals surface area (Å²) in [7, 11) is 1.84. The first-order valence-corrected chi connectivity index (χ1v) is 10.7. The van der Waals surface area contributed by atoms with Crippen LogP contribution in [0.15, 0.2) is 18.6 Å². The Hall–Kier alpha value is -3.94. The minimum atomic E-state index is -1.10. The summed E-state index contributed by atoms with van der Waals surface area (Å²) < 4.78 is 3.31. The van der Waals surface area contributed by atoms with Crippen molar-refractivity contribution < 1.29 is 9.59 Å². The van der Waals surface area contributed by atoms with Gasteiger partial charge in [0.05, 0.1) is 41.1 Å². The van der Waals surface area contributed by atoms with E-state index in [1.807, 2.05) is 27.1 Å². The molecule has 11 heteroatoms. The molecule has 3 aromatic rings. The van der Waals surface area contributed by atoms with Gasteiger partial charge in [-0.05, 0) is 26.7 Å². The van der Waals surface area contributed by atoms with E-state index in [0.717, 1.165) is 11.3 Å². The predicted octanol–water partition coefficient (Wildman–Crippen LogP) is 1.35. The van der Waals surface area contributed by atoms with Gasteiger partial charge in [-0.15, -0.1) is 0 Å². The molecule has 2 amide bonds. The van der Waals surface area contributed by atoms with E-state index in [1.54, 1.807) is 34.1 Å². The average molecular weight is 450 g/mol. The second-order valence-electron chi connectivity index (χ2n) is 9.17. The van der Waals surface area contributed by atoms with Gasteiger partial charge in [0.25, 0.3) is 5.91 Å². The second-order valence-corrected chi connectivity index (χ2v) is 9.17. The number of carbonyl (C=O) groups excluding carboxylic acids is 2. The predicted molar refractivity (Wildman–Crippen MR) is 121 cm³/mol. The number of carbonyl (C=O) groups is 2. The van der Waals surface area contributed by atoms with Crippen molar-refractivity contribution in [1.29, 1.82) is 5.26 Å². The third-order valence-corrected chi connectivity index (χ3v) is 6.09. The Morgan fingerprint density at radius 2 is 2.03 bits per heavy atom. The van der Waals surface area contributed by atoms with Crippen LogP contribution in [0.4, 0.5) is 5.69 Å². The van der Waals surface area contributed by atoms with Gasteiger partial charge < -0.3 is 16.0 Å². The van der Waals surface area contributed by atoms with Gasteiger partial charge in [-0.25, -0.2) is 9.50 Å². The molecule has 33 heavy (non-hydrogen) atoms. The summed E-state index contributed by atoms with van der Waals surface area (Å²) in [5.74, 6) is -0.766. The Morgan fingerprint density at radius 3 is 2.64 bits per heavy atom. The molecule has 0 unspecified atom stereocenters.